The normalized spacial score (nSPS) is 10.6. The largest absolute Gasteiger partial charge is 0.326 e. The number of anilines is 2. The third kappa shape index (κ3) is 5.45. The van der Waals surface area contributed by atoms with Gasteiger partial charge in [0, 0.05) is 23.4 Å². The highest BCUT2D eigenvalue weighted by Crippen LogP contribution is 2.24. The molecule has 0 saturated heterocycles. The van der Waals surface area contributed by atoms with E-state index in [4.69, 9.17) is 0 Å². The summed E-state index contributed by atoms with van der Waals surface area (Å²) in [6.07, 6.45) is 2.39. The molecule has 0 aromatic heterocycles. The molecule has 2 N–H and O–H groups in total. The molecule has 0 atom stereocenters. The molecule has 2 aromatic carbocycles. The number of nitrogens with one attached hydrogen (secondary N) is 2. The molecule has 0 aliphatic rings. The van der Waals surface area contributed by atoms with Gasteiger partial charge < -0.3 is 10.6 Å². The van der Waals surface area contributed by atoms with E-state index in [2.05, 4.69) is 31.4 Å². The summed E-state index contributed by atoms with van der Waals surface area (Å²) in [7, 11) is 0. The maximum Gasteiger partial charge on any atom is 0.255 e. The Morgan fingerprint density at radius 1 is 0.960 bits per heavy atom. The second kappa shape index (κ2) is 9.02. The summed E-state index contributed by atoms with van der Waals surface area (Å²) in [6, 6.07) is 14.8. The van der Waals surface area contributed by atoms with Crippen LogP contribution in [0.15, 0.2) is 48.5 Å². The van der Waals surface area contributed by atoms with Crippen LogP contribution < -0.4 is 10.6 Å². The van der Waals surface area contributed by atoms with Gasteiger partial charge in [0.15, 0.2) is 0 Å². The average molecular weight is 338 g/mol. The van der Waals surface area contributed by atoms with Gasteiger partial charge in [0.2, 0.25) is 5.91 Å². The van der Waals surface area contributed by atoms with Crippen LogP contribution in [-0.2, 0) is 4.79 Å². The van der Waals surface area contributed by atoms with Gasteiger partial charge in [-0.25, -0.2) is 0 Å². The predicted octanol–water partition coefficient (Wildman–Crippen LogP) is 5.19. The lowest BCUT2D eigenvalue weighted by Gasteiger charge is -2.14. The Bertz CT molecular complexity index is 721. The van der Waals surface area contributed by atoms with E-state index in [0.717, 1.165) is 24.1 Å². The fraction of sp³-hybridized carbons (Fsp3) is 0.333. The third-order valence-corrected chi connectivity index (χ3v) is 4.02. The van der Waals surface area contributed by atoms with Gasteiger partial charge in [-0.3, -0.25) is 9.59 Å². The summed E-state index contributed by atoms with van der Waals surface area (Å²) in [5, 5.41) is 5.82. The standard InChI is InChI=1S/C21H26N2O2/c1-4-5-10-20(24)22-17-13-11-16(12-14-17)21(25)23-19-9-7-6-8-18(19)15(2)3/h6-9,11-15H,4-5,10H2,1-3H3,(H,22,24)(H,23,25). The summed E-state index contributed by atoms with van der Waals surface area (Å²) in [5.41, 5.74) is 3.21. The van der Waals surface area contributed by atoms with Gasteiger partial charge >= 0.3 is 0 Å². The van der Waals surface area contributed by atoms with Crippen molar-refractivity contribution in [3.8, 4) is 0 Å². The van der Waals surface area contributed by atoms with Crippen molar-refractivity contribution in [3.63, 3.8) is 0 Å². The van der Waals surface area contributed by atoms with E-state index >= 15 is 0 Å². The molecule has 4 nitrogen and oxygen atoms in total. The van der Waals surface area contributed by atoms with E-state index in [-0.39, 0.29) is 11.8 Å². The first kappa shape index (κ1) is 18.7. The summed E-state index contributed by atoms with van der Waals surface area (Å²) in [6.45, 7) is 6.25. The minimum atomic E-state index is -0.156. The fourth-order valence-electron chi connectivity index (χ4n) is 2.57. The second-order valence-corrected chi connectivity index (χ2v) is 6.43. The topological polar surface area (TPSA) is 58.2 Å². The number of para-hydroxylation sites is 1. The number of rotatable bonds is 7. The highest BCUT2D eigenvalue weighted by atomic mass is 16.2. The van der Waals surface area contributed by atoms with Gasteiger partial charge in [-0.1, -0.05) is 45.4 Å². The summed E-state index contributed by atoms with van der Waals surface area (Å²) in [4.78, 5) is 24.2. The van der Waals surface area contributed by atoms with Crippen LogP contribution >= 0.6 is 0 Å². The minimum Gasteiger partial charge on any atom is -0.326 e. The number of hydrogen-bond acceptors (Lipinski definition) is 2. The molecule has 0 unspecified atom stereocenters. The number of unbranched alkanes of at least 4 members (excludes halogenated alkanes) is 1. The van der Waals surface area contributed by atoms with Gasteiger partial charge in [-0.2, -0.15) is 0 Å². The Labute approximate surface area is 149 Å². The zero-order valence-electron chi connectivity index (χ0n) is 15.1. The highest BCUT2D eigenvalue weighted by Gasteiger charge is 2.11. The van der Waals surface area contributed by atoms with Crippen molar-refractivity contribution < 1.29 is 9.59 Å². The maximum absolute atomic E-state index is 12.5. The lowest BCUT2D eigenvalue weighted by atomic mass is 10.0. The lowest BCUT2D eigenvalue weighted by molar-refractivity contribution is -0.116. The molecular formula is C21H26N2O2. The van der Waals surface area contributed by atoms with Gasteiger partial charge in [0.25, 0.3) is 5.91 Å². The molecule has 132 valence electrons. The number of carbonyl (C=O) groups excluding carboxylic acids is 2. The molecule has 0 heterocycles. The third-order valence-electron chi connectivity index (χ3n) is 4.02. The van der Waals surface area contributed by atoms with E-state index in [1.807, 2.05) is 24.3 Å². The van der Waals surface area contributed by atoms with E-state index in [0.29, 0.717) is 23.6 Å². The van der Waals surface area contributed by atoms with Crippen molar-refractivity contribution in [2.24, 2.45) is 0 Å². The van der Waals surface area contributed by atoms with Crippen LogP contribution in [0.2, 0.25) is 0 Å². The molecule has 0 aliphatic heterocycles. The molecule has 2 aromatic rings. The van der Waals surface area contributed by atoms with Crippen molar-refractivity contribution in [1.29, 1.82) is 0 Å². The van der Waals surface area contributed by atoms with Gasteiger partial charge in [-0.15, -0.1) is 0 Å². The Morgan fingerprint density at radius 2 is 1.64 bits per heavy atom. The van der Waals surface area contributed by atoms with Gasteiger partial charge in [0.05, 0.1) is 0 Å². The van der Waals surface area contributed by atoms with Crippen molar-refractivity contribution >= 4 is 23.2 Å². The number of amides is 2. The molecule has 0 fully saturated rings. The zero-order chi connectivity index (χ0) is 18.2. The van der Waals surface area contributed by atoms with Crippen molar-refractivity contribution in [1.82, 2.24) is 0 Å². The molecule has 2 rings (SSSR count). The minimum absolute atomic E-state index is 0.00455. The molecule has 0 aliphatic carbocycles. The quantitative estimate of drug-likeness (QED) is 0.730. The highest BCUT2D eigenvalue weighted by molar-refractivity contribution is 6.05. The fourth-order valence-corrected chi connectivity index (χ4v) is 2.57. The summed E-state index contributed by atoms with van der Waals surface area (Å²) in [5.74, 6) is 0.180. The first-order valence-corrected chi connectivity index (χ1v) is 8.81. The molecule has 25 heavy (non-hydrogen) atoms. The van der Waals surface area contributed by atoms with E-state index in [1.54, 1.807) is 24.3 Å². The van der Waals surface area contributed by atoms with E-state index in [1.165, 1.54) is 0 Å². The van der Waals surface area contributed by atoms with Crippen LogP contribution in [0.5, 0.6) is 0 Å². The van der Waals surface area contributed by atoms with Gasteiger partial charge in [0.1, 0.15) is 0 Å². The monoisotopic (exact) mass is 338 g/mol. The maximum atomic E-state index is 12.5. The molecule has 4 heteroatoms. The van der Waals surface area contributed by atoms with Gasteiger partial charge in [-0.05, 0) is 48.2 Å². The molecular weight excluding hydrogens is 312 g/mol. The molecule has 0 radical (unpaired) electrons. The predicted molar refractivity (Wildman–Crippen MR) is 103 cm³/mol. The van der Waals surface area contributed by atoms with Crippen LogP contribution in [-0.4, -0.2) is 11.8 Å². The van der Waals surface area contributed by atoms with E-state index < -0.39 is 0 Å². The first-order valence-electron chi connectivity index (χ1n) is 8.81. The average Bonchev–Trinajstić information content (AvgIpc) is 2.60. The molecule has 0 bridgehead atoms. The molecule has 0 saturated carbocycles. The van der Waals surface area contributed by atoms with Crippen molar-refractivity contribution in [2.75, 3.05) is 10.6 Å². The summed E-state index contributed by atoms with van der Waals surface area (Å²) >= 11 is 0. The van der Waals surface area contributed by atoms with Crippen molar-refractivity contribution in [3.05, 3.63) is 59.7 Å². The SMILES string of the molecule is CCCCC(=O)Nc1ccc(C(=O)Nc2ccccc2C(C)C)cc1. The molecule has 2 amide bonds. The van der Waals surface area contributed by atoms with Crippen LogP contribution in [0.25, 0.3) is 0 Å². The molecule has 0 spiro atoms. The second-order valence-electron chi connectivity index (χ2n) is 6.43. The number of hydrogen-bond donors (Lipinski definition) is 2. The Balaban J connectivity index is 2.02. The number of benzene rings is 2. The van der Waals surface area contributed by atoms with Crippen molar-refractivity contribution in [2.45, 2.75) is 46.0 Å². The Morgan fingerprint density at radius 3 is 2.28 bits per heavy atom. The number of carbonyl (C=O) groups is 2. The van der Waals surface area contributed by atoms with Crippen LogP contribution in [0, 0.1) is 0 Å². The van der Waals surface area contributed by atoms with Crippen LogP contribution in [0.3, 0.4) is 0 Å². The van der Waals surface area contributed by atoms with E-state index in [9.17, 15) is 9.59 Å². The lowest BCUT2D eigenvalue weighted by Crippen LogP contribution is -2.14. The van der Waals surface area contributed by atoms with Crippen LogP contribution in [0.1, 0.15) is 61.9 Å². The zero-order valence-corrected chi connectivity index (χ0v) is 15.1. The summed E-state index contributed by atoms with van der Waals surface area (Å²) < 4.78 is 0. The first-order chi connectivity index (χ1) is 12.0. The van der Waals surface area contributed by atoms with Crippen LogP contribution in [0.4, 0.5) is 11.4 Å². The Kier molecular flexibility index (Phi) is 6.75. The Hall–Kier alpha value is -2.62. The smallest absolute Gasteiger partial charge is 0.255 e.